The van der Waals surface area contributed by atoms with Crippen molar-refractivity contribution in [3.63, 3.8) is 0 Å². The number of rotatable bonds is 7. The van der Waals surface area contributed by atoms with E-state index in [0.717, 1.165) is 42.2 Å². The van der Waals surface area contributed by atoms with Gasteiger partial charge in [0, 0.05) is 31.7 Å². The van der Waals surface area contributed by atoms with Crippen LogP contribution >= 0.6 is 11.6 Å². The van der Waals surface area contributed by atoms with Crippen LogP contribution in [0.2, 0.25) is 5.02 Å². The van der Waals surface area contributed by atoms with E-state index >= 15 is 0 Å². The molecule has 1 aliphatic heterocycles. The third-order valence-corrected chi connectivity index (χ3v) is 8.35. The molecule has 2 amide bonds. The summed E-state index contributed by atoms with van der Waals surface area (Å²) in [7, 11) is 0. The summed E-state index contributed by atoms with van der Waals surface area (Å²) >= 11 is 5.90. The number of carbonyl (C=O) groups excluding carboxylic acids is 2. The quantitative estimate of drug-likeness (QED) is 0.313. The summed E-state index contributed by atoms with van der Waals surface area (Å²) in [6, 6.07) is 12.2. The van der Waals surface area contributed by atoms with Crippen molar-refractivity contribution < 1.29 is 18.4 Å². The number of alkyl halides is 2. The minimum Gasteiger partial charge on any atom is -0.349 e. The maximum absolute atomic E-state index is 13.7. The van der Waals surface area contributed by atoms with E-state index in [1.54, 1.807) is 26.3 Å². The molecule has 2 fully saturated rings. The highest BCUT2D eigenvalue weighted by Gasteiger charge is 2.28. The molecule has 4 heterocycles. The molecule has 1 saturated carbocycles. The van der Waals surface area contributed by atoms with Gasteiger partial charge >= 0.3 is 5.69 Å². The minimum atomic E-state index is -2.89. The Labute approximate surface area is 245 Å². The average Bonchev–Trinajstić information content (AvgIpc) is 3.54. The highest BCUT2D eigenvalue weighted by molar-refractivity contribution is 6.30. The van der Waals surface area contributed by atoms with Gasteiger partial charge in [0.1, 0.15) is 11.5 Å². The van der Waals surface area contributed by atoms with Crippen LogP contribution in [0.25, 0.3) is 16.9 Å². The van der Waals surface area contributed by atoms with Crippen molar-refractivity contribution in [2.24, 2.45) is 5.92 Å². The lowest BCUT2D eigenvalue weighted by Gasteiger charge is -2.29. The smallest absolute Gasteiger partial charge is 0.334 e. The van der Waals surface area contributed by atoms with Crippen molar-refractivity contribution in [3.8, 4) is 5.82 Å². The molecule has 2 aliphatic rings. The maximum Gasteiger partial charge on any atom is 0.334 e. The van der Waals surface area contributed by atoms with Crippen LogP contribution in [0.3, 0.4) is 0 Å². The van der Waals surface area contributed by atoms with E-state index in [9.17, 15) is 23.2 Å². The van der Waals surface area contributed by atoms with Crippen LogP contribution in [0, 0.1) is 5.92 Å². The summed E-state index contributed by atoms with van der Waals surface area (Å²) in [4.78, 5) is 48.5. The first-order chi connectivity index (χ1) is 20.3. The van der Waals surface area contributed by atoms with E-state index in [1.807, 2.05) is 30.3 Å². The summed E-state index contributed by atoms with van der Waals surface area (Å²) in [5, 5.41) is 2.98. The molecule has 0 radical (unpaired) electrons. The third-order valence-electron chi connectivity index (χ3n) is 8.14. The summed E-state index contributed by atoms with van der Waals surface area (Å²) in [6.45, 7) is 1.17. The summed E-state index contributed by atoms with van der Waals surface area (Å²) in [5.41, 5.74) is 1.26. The molecule has 6 rings (SSSR count). The second-order valence-corrected chi connectivity index (χ2v) is 11.3. The molecule has 1 N–H and O–H groups in total. The second-order valence-electron chi connectivity index (χ2n) is 10.8. The number of aromatic nitrogens is 4. The number of benzene rings is 1. The number of nitrogens with one attached hydrogen (secondary N) is 1. The molecule has 0 spiro atoms. The zero-order valence-corrected chi connectivity index (χ0v) is 23.4. The van der Waals surface area contributed by atoms with E-state index in [1.165, 1.54) is 6.07 Å². The summed E-state index contributed by atoms with van der Waals surface area (Å²) in [5.74, 6) is 0.133. The van der Waals surface area contributed by atoms with Gasteiger partial charge in [0.2, 0.25) is 5.91 Å². The lowest BCUT2D eigenvalue weighted by molar-refractivity contribution is -0.117. The Hall–Kier alpha value is -4.12. The fourth-order valence-electron chi connectivity index (χ4n) is 6.01. The summed E-state index contributed by atoms with van der Waals surface area (Å²) < 4.78 is 30.1. The topological polar surface area (TPSA) is 102 Å². The van der Waals surface area contributed by atoms with Crippen molar-refractivity contribution >= 4 is 40.1 Å². The predicted octanol–water partition coefficient (Wildman–Crippen LogP) is 5.29. The molecule has 1 aliphatic carbocycles. The van der Waals surface area contributed by atoms with Crippen LogP contribution in [0.1, 0.15) is 61.0 Å². The Morgan fingerprint density at radius 3 is 2.45 bits per heavy atom. The number of fused-ring (bicyclic) bond motifs is 1. The fourth-order valence-corrected chi connectivity index (χ4v) is 6.17. The van der Waals surface area contributed by atoms with Crippen LogP contribution in [0.4, 0.5) is 14.5 Å². The molecule has 9 nitrogen and oxygen atoms in total. The van der Waals surface area contributed by atoms with Crippen LogP contribution < -0.4 is 15.9 Å². The third kappa shape index (κ3) is 5.40. The Morgan fingerprint density at radius 2 is 1.79 bits per heavy atom. The van der Waals surface area contributed by atoms with Crippen LogP contribution in [-0.2, 0) is 11.3 Å². The number of pyridine rings is 2. The van der Waals surface area contributed by atoms with E-state index in [-0.39, 0.29) is 34.1 Å². The first-order valence-electron chi connectivity index (χ1n) is 14.0. The highest BCUT2D eigenvalue weighted by Crippen LogP contribution is 2.29. The zero-order chi connectivity index (χ0) is 29.4. The number of nitrogens with zero attached hydrogens (tertiary/aromatic N) is 5. The van der Waals surface area contributed by atoms with Crippen molar-refractivity contribution in [1.82, 2.24) is 24.4 Å². The molecule has 1 saturated heterocycles. The Kier molecular flexibility index (Phi) is 7.76. The van der Waals surface area contributed by atoms with Crippen molar-refractivity contribution in [1.29, 1.82) is 0 Å². The van der Waals surface area contributed by atoms with Gasteiger partial charge in [-0.25, -0.2) is 23.1 Å². The van der Waals surface area contributed by atoms with E-state index in [0.29, 0.717) is 38.2 Å². The molecule has 4 aromatic rings. The van der Waals surface area contributed by atoms with Gasteiger partial charge in [-0.15, -0.1) is 0 Å². The van der Waals surface area contributed by atoms with Gasteiger partial charge in [0.15, 0.2) is 0 Å². The van der Waals surface area contributed by atoms with Gasteiger partial charge in [-0.05, 0) is 68.4 Å². The number of halogens is 3. The van der Waals surface area contributed by atoms with Gasteiger partial charge in [-0.1, -0.05) is 23.7 Å². The predicted molar refractivity (Wildman–Crippen MR) is 154 cm³/mol. The number of carbonyl (C=O) groups is 2. The van der Waals surface area contributed by atoms with Crippen LogP contribution in [-0.4, -0.2) is 43.5 Å². The molecule has 0 atom stereocenters. The number of amides is 2. The Morgan fingerprint density at radius 1 is 1.02 bits per heavy atom. The molecule has 3 aromatic heterocycles. The first-order valence-corrected chi connectivity index (χ1v) is 14.4. The van der Waals surface area contributed by atoms with Gasteiger partial charge in [-0.3, -0.25) is 19.1 Å². The highest BCUT2D eigenvalue weighted by atomic mass is 35.5. The van der Waals surface area contributed by atoms with E-state index < -0.39 is 18.0 Å². The molecule has 12 heteroatoms. The van der Waals surface area contributed by atoms with Crippen LogP contribution in [0.5, 0.6) is 0 Å². The van der Waals surface area contributed by atoms with Crippen LogP contribution in [0.15, 0.2) is 59.7 Å². The molecule has 0 unspecified atom stereocenters. The molecular formula is C30H29ClF2N6O3. The first kappa shape index (κ1) is 28.0. The monoisotopic (exact) mass is 594 g/mol. The van der Waals surface area contributed by atoms with E-state index in [4.69, 9.17) is 11.6 Å². The van der Waals surface area contributed by atoms with Crippen molar-refractivity contribution in [2.45, 2.75) is 57.5 Å². The number of anilines is 1. The molecular weight excluding hydrogens is 566 g/mol. The van der Waals surface area contributed by atoms with Gasteiger partial charge in [-0.2, -0.15) is 0 Å². The SMILES string of the molecule is O=C(N[C@H]1CC[C@H](Cn2c(=O)n(-c3ccc(N4CCCC4=O)cn3)c3ccccc32)CC1)c1cc(Cl)cnc1C(F)F. The van der Waals surface area contributed by atoms with Gasteiger partial charge in [0.05, 0.1) is 33.5 Å². The number of hydrogen-bond donors (Lipinski definition) is 1. The van der Waals surface area contributed by atoms with Gasteiger partial charge < -0.3 is 10.2 Å². The fraction of sp³-hybridized carbons (Fsp3) is 0.367. The average molecular weight is 595 g/mol. The maximum atomic E-state index is 13.7. The van der Waals surface area contributed by atoms with E-state index in [2.05, 4.69) is 15.3 Å². The second kappa shape index (κ2) is 11.6. The number of imidazole rings is 1. The largest absolute Gasteiger partial charge is 0.349 e. The lowest BCUT2D eigenvalue weighted by atomic mass is 9.85. The minimum absolute atomic E-state index is 0.0759. The normalized spacial score (nSPS) is 19.1. The molecule has 0 bridgehead atoms. The Balaban J connectivity index is 1.16. The lowest BCUT2D eigenvalue weighted by Crippen LogP contribution is -2.39. The summed E-state index contributed by atoms with van der Waals surface area (Å²) in [6.07, 6.45) is 4.01. The molecule has 42 heavy (non-hydrogen) atoms. The van der Waals surface area contributed by atoms with Crippen molar-refractivity contribution in [2.75, 3.05) is 11.4 Å². The zero-order valence-electron chi connectivity index (χ0n) is 22.7. The van der Waals surface area contributed by atoms with Gasteiger partial charge in [0.25, 0.3) is 12.3 Å². The number of para-hydroxylation sites is 2. The molecule has 218 valence electrons. The van der Waals surface area contributed by atoms with Crippen molar-refractivity contribution in [3.05, 3.63) is 81.6 Å². The number of hydrogen-bond acceptors (Lipinski definition) is 5. The standard InChI is InChI=1S/C30H29ClF2N6O3/c31-19-14-22(27(28(32)33)35-15-19)29(41)36-20-9-7-18(8-10-20)17-38-23-4-1-2-5-24(23)39(30(38)42)25-12-11-21(16-34-25)37-13-3-6-26(37)40/h1-2,4-5,11-12,14-16,18,20,28H,3,6-10,13,17H2,(H,36,41)/t18-,20-. The molecule has 1 aromatic carbocycles. The Bertz CT molecular complexity index is 1700.